The molecule has 0 radical (unpaired) electrons. The maximum atomic E-state index is 10.3. The Bertz CT molecular complexity index is 7560. The fraction of sp³-hybridized carbons (Fsp3) is 0. The topological polar surface area (TPSA) is 69.8 Å². The molecule has 2 aliphatic rings. The quantitative estimate of drug-likeness (QED) is 0.149. The van der Waals surface area contributed by atoms with E-state index in [4.69, 9.17) is 8.83 Å². The van der Waals surface area contributed by atoms with E-state index in [1.54, 1.807) is 0 Å². The van der Waals surface area contributed by atoms with Crippen molar-refractivity contribution in [3.8, 4) is 73.1 Å². The zero-order valence-electron chi connectivity index (χ0n) is 57.0. The van der Waals surface area contributed by atoms with Crippen LogP contribution in [-0.2, 0) is 0 Å². The lowest BCUT2D eigenvalue weighted by Crippen LogP contribution is -2.53. The van der Waals surface area contributed by atoms with Gasteiger partial charge in [-0.2, -0.15) is 5.26 Å². The predicted molar refractivity (Wildman–Crippen MR) is 441 cm³/mol. The Morgan fingerprint density at radius 2 is 0.717 bits per heavy atom. The largest absolute Gasteiger partial charge is 0.455 e. The second-order valence-electron chi connectivity index (χ2n) is 28.7. The minimum Gasteiger partial charge on any atom is -0.455 e. The molecule has 486 valence electrons. The van der Waals surface area contributed by atoms with E-state index in [0.717, 1.165) is 165 Å². The highest BCUT2D eigenvalue weighted by atomic mass is 16.3. The van der Waals surface area contributed by atoms with Gasteiger partial charge in [-0.25, -0.2) is 0 Å². The molecule has 9 heteroatoms. The summed E-state index contributed by atoms with van der Waals surface area (Å²) >= 11 is 0. The minimum atomic E-state index is -0.302. The Labute approximate surface area is 607 Å². The van der Waals surface area contributed by atoms with Crippen LogP contribution in [0.1, 0.15) is 5.56 Å². The van der Waals surface area contributed by atoms with Gasteiger partial charge in [-0.15, -0.1) is 0 Å². The number of benzene rings is 16. The molecule has 106 heavy (non-hydrogen) atoms. The number of nitrogens with zero attached hydrogens (tertiary/aromatic N) is 5. The van der Waals surface area contributed by atoms with Gasteiger partial charge in [0.1, 0.15) is 22.3 Å². The lowest BCUT2D eigenvalue weighted by atomic mass is 9.48. The maximum absolute atomic E-state index is 10.3. The fourth-order valence-corrected chi connectivity index (χ4v) is 19.3. The summed E-state index contributed by atoms with van der Waals surface area (Å²) < 4.78 is 25.4. The molecule has 0 saturated carbocycles. The van der Waals surface area contributed by atoms with Gasteiger partial charge in [-0.1, -0.05) is 279 Å². The zero-order valence-corrected chi connectivity index (χ0v) is 57.0. The Hall–Kier alpha value is -14.1. The van der Waals surface area contributed by atoms with Gasteiger partial charge in [0.25, 0.3) is 0 Å². The van der Waals surface area contributed by atoms with Crippen molar-refractivity contribution in [2.45, 2.75) is 0 Å². The van der Waals surface area contributed by atoms with Crippen LogP contribution < -0.4 is 21.9 Å². The van der Waals surface area contributed by atoms with Crippen molar-refractivity contribution in [3.05, 3.63) is 339 Å². The van der Waals surface area contributed by atoms with Crippen LogP contribution >= 0.6 is 0 Å². The minimum absolute atomic E-state index is 0.283. The van der Waals surface area contributed by atoms with E-state index in [2.05, 4.69) is 352 Å². The molecule has 0 amide bonds. The third-order valence-electron chi connectivity index (χ3n) is 23.5. The molecule has 0 spiro atoms. The van der Waals surface area contributed by atoms with E-state index in [9.17, 15) is 5.26 Å². The average Bonchev–Trinajstić information content (AvgIpc) is 1.52. The number of nitriles is 1. The van der Waals surface area contributed by atoms with Crippen LogP contribution in [0.15, 0.2) is 342 Å². The molecule has 22 aromatic rings. The second kappa shape index (κ2) is 21.5. The Morgan fingerprint density at radius 3 is 1.36 bits per heavy atom. The van der Waals surface area contributed by atoms with Crippen molar-refractivity contribution >= 4 is 167 Å². The van der Waals surface area contributed by atoms with Crippen LogP contribution in [0.5, 0.6) is 0 Å². The van der Waals surface area contributed by atoms with E-state index in [1.807, 2.05) is 6.07 Å². The summed E-state index contributed by atoms with van der Waals surface area (Å²) in [6.45, 7) is -0.585. The van der Waals surface area contributed by atoms with Gasteiger partial charge in [0.15, 0.2) is 0 Å². The lowest BCUT2D eigenvalue weighted by molar-refractivity contribution is 0.670. The fourth-order valence-electron chi connectivity index (χ4n) is 19.3. The summed E-state index contributed by atoms with van der Waals surface area (Å²) in [5.74, 6) is 0. The monoisotopic (exact) mass is 1340 g/mol. The lowest BCUT2D eigenvalue weighted by Gasteiger charge is -2.29. The normalized spacial score (nSPS) is 12.7. The van der Waals surface area contributed by atoms with Crippen molar-refractivity contribution < 1.29 is 8.83 Å². The molecule has 0 N–H and O–H groups in total. The van der Waals surface area contributed by atoms with Crippen LogP contribution in [0.25, 0.3) is 198 Å². The van der Waals surface area contributed by atoms with Gasteiger partial charge < -0.3 is 26.9 Å². The molecule has 0 fully saturated rings. The number of hydrogen-bond donors (Lipinski definition) is 0. The first-order valence-electron chi connectivity index (χ1n) is 36.4. The van der Waals surface area contributed by atoms with Gasteiger partial charge >= 0.3 is 13.7 Å². The van der Waals surface area contributed by atoms with Crippen LogP contribution in [-0.4, -0.2) is 31.8 Å². The van der Waals surface area contributed by atoms with E-state index >= 15 is 0 Å². The molecule has 16 aromatic carbocycles. The first kappa shape index (κ1) is 57.6. The molecular weight excluding hydrogens is 1290 g/mol. The molecule has 7 nitrogen and oxygen atoms in total. The summed E-state index contributed by atoms with van der Waals surface area (Å²) in [6, 6.07) is 125. The molecular formula is C97H55B2N5O2. The van der Waals surface area contributed by atoms with E-state index in [1.165, 1.54) is 54.8 Å². The highest BCUT2D eigenvalue weighted by molar-refractivity contribution is 6.89. The molecule has 2 aliphatic heterocycles. The maximum Gasteiger partial charge on any atom is 0.332 e. The van der Waals surface area contributed by atoms with Crippen molar-refractivity contribution in [1.82, 2.24) is 18.1 Å². The highest BCUT2D eigenvalue weighted by Gasteiger charge is 2.41. The number of rotatable bonds is 7. The first-order valence-corrected chi connectivity index (χ1v) is 36.4. The summed E-state index contributed by atoms with van der Waals surface area (Å²) in [6.07, 6.45) is 0. The molecule has 0 saturated heterocycles. The first-order chi connectivity index (χ1) is 52.6. The average molecular weight is 1340 g/mol. The number of para-hydroxylation sites is 7. The van der Waals surface area contributed by atoms with Gasteiger partial charge in [-0.3, -0.25) is 0 Å². The number of aromatic nitrogens is 4. The van der Waals surface area contributed by atoms with Gasteiger partial charge in [0, 0.05) is 110 Å². The van der Waals surface area contributed by atoms with Gasteiger partial charge in [0.05, 0.1) is 44.5 Å². The molecule has 0 bridgehead atoms. The molecule has 0 aliphatic carbocycles. The summed E-state index contributed by atoms with van der Waals surface area (Å²) in [4.78, 5) is 0. The summed E-state index contributed by atoms with van der Waals surface area (Å²) in [7, 11) is 0. The smallest absolute Gasteiger partial charge is 0.332 e. The van der Waals surface area contributed by atoms with Crippen molar-refractivity contribution in [2.75, 3.05) is 0 Å². The van der Waals surface area contributed by atoms with Gasteiger partial charge in [-0.05, 0) is 110 Å². The van der Waals surface area contributed by atoms with Crippen LogP contribution in [0.3, 0.4) is 0 Å². The van der Waals surface area contributed by atoms with E-state index < -0.39 is 0 Å². The zero-order chi connectivity index (χ0) is 69.1. The number of furan rings is 2. The molecule has 0 unspecified atom stereocenters. The van der Waals surface area contributed by atoms with Crippen molar-refractivity contribution in [1.29, 1.82) is 5.26 Å². The second-order valence-corrected chi connectivity index (χ2v) is 28.7. The standard InChI is InChI=1S/C97H55B2N5O2/c100-56-57-45-47-68-71-37-22-41-79-93(71)102(84(68)53-57)82-43-17-14-39-77(82)98(79)104-92-66(60-27-9-3-10-28-60)34-21-38-75(92)87-63(49-50-67(94(87)104)61-29-11-4-12-30-61)62-46-48-70-74-51-52-83-88(96(74)106-86(70)54-62)89-95-80(55-76-69-31-13-18-44-85(69)105-97(76)89)99(78-40-15-16-42-81(78)101(83)95)103-90-64(58-23-5-1-6-24-58)32-19-35-72(90)73-36-20-33-65(91(73)103)59-25-7-2-8-26-59/h1-55H. The summed E-state index contributed by atoms with van der Waals surface area (Å²) in [5.41, 5.74) is 31.2. The molecule has 24 rings (SSSR count). The Morgan fingerprint density at radius 1 is 0.255 bits per heavy atom. The third-order valence-corrected chi connectivity index (χ3v) is 23.5. The molecule has 0 atom stereocenters. The van der Waals surface area contributed by atoms with E-state index in [-0.39, 0.29) is 13.7 Å². The Balaban J connectivity index is 0.791. The van der Waals surface area contributed by atoms with Crippen LogP contribution in [0.2, 0.25) is 0 Å². The third kappa shape index (κ3) is 7.65. The molecule has 6 aromatic heterocycles. The Kier molecular flexibility index (Phi) is 11.7. The predicted octanol–water partition coefficient (Wildman–Crippen LogP) is 22.0. The van der Waals surface area contributed by atoms with Crippen LogP contribution in [0, 0.1) is 11.3 Å². The number of hydrogen-bond acceptors (Lipinski definition) is 3. The summed E-state index contributed by atoms with van der Waals surface area (Å²) in [5, 5.41) is 23.6. The molecule has 8 heterocycles. The van der Waals surface area contributed by atoms with E-state index in [0.29, 0.717) is 5.56 Å². The number of fused-ring (bicyclic) bond motifs is 24. The SMILES string of the molecule is N#Cc1ccc2c3cccc4c3n(c2c1)-c1ccccc1B4n1c2c(-c3ccccc3)cccc2c2c(-c3ccc4c(c3)oc3c4ccc4c3c3c5oc6ccccc6c5cc5c3n4-c3ccccc3B5n3c4c(-c5ccccc5)cccc4c4cccc(-c5ccccc5)c43)ccc(-c3ccccc3)c21. The van der Waals surface area contributed by atoms with Gasteiger partial charge in [0.2, 0.25) is 0 Å². The van der Waals surface area contributed by atoms with Crippen molar-refractivity contribution in [3.63, 3.8) is 0 Å². The van der Waals surface area contributed by atoms with Crippen LogP contribution in [0.4, 0.5) is 0 Å². The van der Waals surface area contributed by atoms with Crippen molar-refractivity contribution in [2.24, 2.45) is 0 Å². The highest BCUT2D eigenvalue weighted by Crippen LogP contribution is 2.51.